The summed E-state index contributed by atoms with van der Waals surface area (Å²) in [5.74, 6) is 0.545. The van der Waals surface area contributed by atoms with Crippen LogP contribution in [0.4, 0.5) is 10.6 Å². The van der Waals surface area contributed by atoms with E-state index in [1.807, 2.05) is 30.3 Å². The monoisotopic (exact) mass is 371 g/mol. The molecule has 27 heavy (non-hydrogen) atoms. The van der Waals surface area contributed by atoms with Gasteiger partial charge in [-0.15, -0.1) is 5.10 Å². The van der Waals surface area contributed by atoms with Crippen molar-refractivity contribution in [3.8, 4) is 5.88 Å². The molecule has 0 radical (unpaired) electrons. The van der Waals surface area contributed by atoms with Gasteiger partial charge in [-0.05, 0) is 12.5 Å². The third-order valence-electron chi connectivity index (χ3n) is 4.10. The van der Waals surface area contributed by atoms with Crippen molar-refractivity contribution < 1.29 is 19.7 Å². The average molecular weight is 371 g/mol. The van der Waals surface area contributed by atoms with Gasteiger partial charge < -0.3 is 20.3 Å². The zero-order chi connectivity index (χ0) is 19.4. The number of ether oxygens (including phenoxy) is 1. The number of anilines is 1. The number of fused-ring (bicyclic) bond motifs is 1. The molecule has 2 aromatic heterocycles. The van der Waals surface area contributed by atoms with Crippen LogP contribution < -0.4 is 15.4 Å². The highest BCUT2D eigenvalue weighted by atomic mass is 16.5. The molecule has 0 saturated heterocycles. The molecule has 0 saturated carbocycles. The fourth-order valence-electron chi connectivity index (χ4n) is 2.85. The number of aliphatic hydroxyl groups is 2. The first-order chi connectivity index (χ1) is 13.0. The number of benzene rings is 1. The van der Waals surface area contributed by atoms with Gasteiger partial charge in [0, 0.05) is 6.07 Å². The van der Waals surface area contributed by atoms with Crippen LogP contribution in [0.2, 0.25) is 0 Å². The SMILES string of the molecule is COc1n[nH]c2cc(NC(=O)N[C@@H](c3ccccc3)[C@@H](C)O)nc(CO)c12. The molecular weight excluding hydrogens is 350 g/mol. The van der Waals surface area contributed by atoms with Crippen LogP contribution in [0.25, 0.3) is 10.9 Å². The predicted octanol–water partition coefficient (Wildman–Crippen LogP) is 1.70. The minimum Gasteiger partial charge on any atom is -0.479 e. The third-order valence-corrected chi connectivity index (χ3v) is 4.10. The molecule has 2 atom stereocenters. The minimum absolute atomic E-state index is 0.229. The Morgan fingerprint density at radius 2 is 2.07 bits per heavy atom. The summed E-state index contributed by atoms with van der Waals surface area (Å²) < 4.78 is 5.14. The predicted molar refractivity (Wildman–Crippen MR) is 99.4 cm³/mol. The van der Waals surface area contributed by atoms with Crippen LogP contribution in [0.5, 0.6) is 5.88 Å². The molecule has 5 N–H and O–H groups in total. The fraction of sp³-hybridized carbons (Fsp3) is 0.278. The summed E-state index contributed by atoms with van der Waals surface area (Å²) in [5, 5.41) is 32.3. The van der Waals surface area contributed by atoms with Crippen molar-refractivity contribution in [3.63, 3.8) is 0 Å². The normalized spacial score (nSPS) is 13.2. The van der Waals surface area contributed by atoms with Gasteiger partial charge in [-0.1, -0.05) is 30.3 Å². The second kappa shape index (κ2) is 8.02. The highest BCUT2D eigenvalue weighted by Crippen LogP contribution is 2.27. The van der Waals surface area contributed by atoms with E-state index >= 15 is 0 Å². The van der Waals surface area contributed by atoms with Crippen molar-refractivity contribution in [3.05, 3.63) is 47.7 Å². The maximum absolute atomic E-state index is 12.4. The fourth-order valence-corrected chi connectivity index (χ4v) is 2.85. The molecular formula is C18H21N5O4. The molecule has 0 spiro atoms. The molecule has 9 nitrogen and oxygen atoms in total. The maximum Gasteiger partial charge on any atom is 0.320 e. The number of rotatable bonds is 6. The van der Waals surface area contributed by atoms with E-state index in [0.717, 1.165) is 5.56 Å². The van der Waals surface area contributed by atoms with Gasteiger partial charge in [-0.25, -0.2) is 9.78 Å². The lowest BCUT2D eigenvalue weighted by molar-refractivity contribution is 0.148. The molecule has 2 heterocycles. The number of methoxy groups -OCH3 is 1. The van der Waals surface area contributed by atoms with Crippen LogP contribution in [0.3, 0.4) is 0 Å². The van der Waals surface area contributed by atoms with Crippen LogP contribution in [-0.2, 0) is 6.61 Å². The minimum atomic E-state index is -0.793. The number of carbonyl (C=O) groups is 1. The summed E-state index contributed by atoms with van der Waals surface area (Å²) >= 11 is 0. The van der Waals surface area contributed by atoms with Crippen LogP contribution in [0.1, 0.15) is 24.2 Å². The van der Waals surface area contributed by atoms with E-state index in [-0.39, 0.29) is 12.4 Å². The number of aromatic nitrogens is 3. The van der Waals surface area contributed by atoms with Crippen molar-refractivity contribution in [2.24, 2.45) is 0 Å². The highest BCUT2D eigenvalue weighted by Gasteiger charge is 2.20. The number of urea groups is 1. The number of H-pyrrole nitrogens is 1. The second-order valence-corrected chi connectivity index (χ2v) is 6.00. The lowest BCUT2D eigenvalue weighted by Crippen LogP contribution is -2.38. The maximum atomic E-state index is 12.4. The van der Waals surface area contributed by atoms with Crippen LogP contribution >= 0.6 is 0 Å². The average Bonchev–Trinajstić information content (AvgIpc) is 3.09. The summed E-state index contributed by atoms with van der Waals surface area (Å²) in [6.45, 7) is 1.26. The third kappa shape index (κ3) is 3.99. The first kappa shape index (κ1) is 18.6. The Hall–Kier alpha value is -3.17. The zero-order valence-electron chi connectivity index (χ0n) is 14.9. The number of pyridine rings is 1. The first-order valence-corrected chi connectivity index (χ1v) is 8.36. The Labute approximate surface area is 155 Å². The molecule has 0 fully saturated rings. The zero-order valence-corrected chi connectivity index (χ0v) is 14.9. The Morgan fingerprint density at radius 3 is 2.70 bits per heavy atom. The summed E-state index contributed by atoms with van der Waals surface area (Å²) in [6.07, 6.45) is -0.793. The van der Waals surface area contributed by atoms with Crippen molar-refractivity contribution >= 4 is 22.8 Å². The van der Waals surface area contributed by atoms with E-state index in [0.29, 0.717) is 22.5 Å². The lowest BCUT2D eigenvalue weighted by Gasteiger charge is -2.22. The summed E-state index contributed by atoms with van der Waals surface area (Å²) in [7, 11) is 1.47. The molecule has 0 aliphatic carbocycles. The number of nitrogens with one attached hydrogen (secondary N) is 3. The Morgan fingerprint density at radius 1 is 1.33 bits per heavy atom. The summed E-state index contributed by atoms with van der Waals surface area (Å²) in [4.78, 5) is 16.7. The Bertz CT molecular complexity index is 926. The number of nitrogens with zero attached hydrogens (tertiary/aromatic N) is 2. The van der Waals surface area contributed by atoms with Gasteiger partial charge >= 0.3 is 6.03 Å². The summed E-state index contributed by atoms with van der Waals surface area (Å²) in [6, 6.07) is 9.63. The van der Waals surface area contributed by atoms with Crippen molar-refractivity contribution in [1.29, 1.82) is 0 Å². The molecule has 0 aliphatic rings. The smallest absolute Gasteiger partial charge is 0.320 e. The van der Waals surface area contributed by atoms with E-state index in [2.05, 4.69) is 25.8 Å². The highest BCUT2D eigenvalue weighted by molar-refractivity contribution is 5.93. The van der Waals surface area contributed by atoms with E-state index in [9.17, 15) is 15.0 Å². The Balaban J connectivity index is 1.81. The largest absolute Gasteiger partial charge is 0.479 e. The number of hydrogen-bond acceptors (Lipinski definition) is 6. The number of aliphatic hydroxyl groups excluding tert-OH is 2. The molecule has 9 heteroatoms. The number of amides is 2. The lowest BCUT2D eigenvalue weighted by atomic mass is 10.0. The van der Waals surface area contributed by atoms with Gasteiger partial charge in [0.05, 0.1) is 42.5 Å². The summed E-state index contributed by atoms with van der Waals surface area (Å²) in [5.41, 5.74) is 1.67. The van der Waals surface area contributed by atoms with Gasteiger partial charge in [0.15, 0.2) is 0 Å². The molecule has 3 aromatic rings. The van der Waals surface area contributed by atoms with Crippen molar-refractivity contribution in [2.45, 2.75) is 25.7 Å². The topological polar surface area (TPSA) is 132 Å². The Kier molecular flexibility index (Phi) is 5.53. The van der Waals surface area contributed by atoms with E-state index < -0.39 is 18.2 Å². The molecule has 0 aliphatic heterocycles. The van der Waals surface area contributed by atoms with Gasteiger partial charge in [-0.2, -0.15) is 0 Å². The molecule has 1 aromatic carbocycles. The van der Waals surface area contributed by atoms with E-state index in [1.54, 1.807) is 13.0 Å². The first-order valence-electron chi connectivity index (χ1n) is 8.36. The molecule has 3 rings (SSSR count). The van der Waals surface area contributed by atoms with Crippen LogP contribution in [0.15, 0.2) is 36.4 Å². The van der Waals surface area contributed by atoms with Gasteiger partial charge in [0.25, 0.3) is 0 Å². The number of aromatic amines is 1. The standard InChI is InChI=1S/C18H21N5O4/c1-10(25)16(11-6-4-3-5-7-11)21-18(26)20-14-8-12-15(13(9-24)19-14)17(27-2)23-22-12/h3-8,10,16,24-25H,9H2,1-2H3,(H,22,23)(H2,19,20,21,26)/t10-,16-/m1/s1. The van der Waals surface area contributed by atoms with Gasteiger partial charge in [0.2, 0.25) is 5.88 Å². The van der Waals surface area contributed by atoms with Crippen LogP contribution in [0, 0.1) is 0 Å². The van der Waals surface area contributed by atoms with Gasteiger partial charge in [0.1, 0.15) is 5.82 Å². The number of carbonyl (C=O) groups excluding carboxylic acids is 1. The van der Waals surface area contributed by atoms with E-state index in [1.165, 1.54) is 7.11 Å². The van der Waals surface area contributed by atoms with Gasteiger partial charge in [-0.3, -0.25) is 10.4 Å². The molecule has 142 valence electrons. The van der Waals surface area contributed by atoms with Crippen molar-refractivity contribution in [1.82, 2.24) is 20.5 Å². The number of hydrogen-bond donors (Lipinski definition) is 5. The molecule has 2 amide bonds. The quantitative estimate of drug-likeness (QED) is 0.448. The van der Waals surface area contributed by atoms with E-state index in [4.69, 9.17) is 4.74 Å². The van der Waals surface area contributed by atoms with Crippen LogP contribution in [-0.4, -0.2) is 44.6 Å². The second-order valence-electron chi connectivity index (χ2n) is 6.00. The molecule has 0 bridgehead atoms. The van der Waals surface area contributed by atoms with Crippen molar-refractivity contribution in [2.75, 3.05) is 12.4 Å². The molecule has 0 unspecified atom stereocenters.